The average molecular weight is 400 g/mol. The molecule has 4 rings (SSSR count). The lowest BCUT2D eigenvalue weighted by molar-refractivity contribution is -0.135. The molecule has 2 amide bonds. The lowest BCUT2D eigenvalue weighted by Crippen LogP contribution is -2.35. The fraction of sp³-hybridized carbons (Fsp3) is 0.591. The highest BCUT2D eigenvalue weighted by Gasteiger charge is 2.32. The zero-order valence-electron chi connectivity index (χ0n) is 16.9. The lowest BCUT2D eigenvalue weighted by Gasteiger charge is -2.26. The van der Waals surface area contributed by atoms with Crippen LogP contribution in [0.4, 0.5) is 5.69 Å². The molecule has 1 aromatic carbocycles. The Bertz CT molecular complexity index is 816. The summed E-state index contributed by atoms with van der Waals surface area (Å²) in [6.45, 7) is 2.94. The third kappa shape index (κ3) is 4.38. The van der Waals surface area contributed by atoms with Crippen LogP contribution in [0.15, 0.2) is 12.1 Å². The molecule has 0 radical (unpaired) electrons. The number of carbonyl (C=O) groups excluding carboxylic acids is 3. The highest BCUT2D eigenvalue weighted by molar-refractivity contribution is 6.04. The van der Waals surface area contributed by atoms with Gasteiger partial charge in [-0.1, -0.05) is 19.3 Å². The van der Waals surface area contributed by atoms with Gasteiger partial charge in [-0.2, -0.15) is 0 Å². The number of nitrogens with one attached hydrogen (secondary N) is 1. The number of nitrogens with zero attached hydrogens (tertiary/aromatic N) is 1. The van der Waals surface area contributed by atoms with E-state index in [2.05, 4.69) is 5.32 Å². The largest absolute Gasteiger partial charge is 0.454 e. The fourth-order valence-electron chi connectivity index (χ4n) is 4.61. The Kier molecular flexibility index (Phi) is 5.74. The van der Waals surface area contributed by atoms with E-state index in [0.29, 0.717) is 35.7 Å². The van der Waals surface area contributed by atoms with Crippen LogP contribution in [-0.4, -0.2) is 42.4 Å². The summed E-state index contributed by atoms with van der Waals surface area (Å²) in [5.74, 6) is 1.32. The van der Waals surface area contributed by atoms with Crippen LogP contribution in [-0.2, 0) is 9.59 Å². The van der Waals surface area contributed by atoms with Crippen LogP contribution in [0, 0.1) is 11.8 Å². The Morgan fingerprint density at radius 2 is 1.79 bits per heavy atom. The molecular weight excluding hydrogens is 372 g/mol. The van der Waals surface area contributed by atoms with Crippen molar-refractivity contribution in [1.29, 1.82) is 0 Å². The molecule has 1 aromatic rings. The number of likely N-dealkylation sites (tertiary alicyclic amines) is 1. The maximum absolute atomic E-state index is 12.7. The lowest BCUT2D eigenvalue weighted by atomic mass is 9.88. The third-order valence-corrected chi connectivity index (χ3v) is 6.19. The van der Waals surface area contributed by atoms with E-state index in [9.17, 15) is 14.4 Å². The van der Waals surface area contributed by atoms with E-state index in [4.69, 9.17) is 9.47 Å². The monoisotopic (exact) mass is 400 g/mol. The van der Waals surface area contributed by atoms with Gasteiger partial charge in [0.15, 0.2) is 17.3 Å². The zero-order chi connectivity index (χ0) is 20.4. The van der Waals surface area contributed by atoms with E-state index in [1.165, 1.54) is 13.3 Å². The molecule has 0 aromatic heterocycles. The van der Waals surface area contributed by atoms with Crippen LogP contribution < -0.4 is 14.8 Å². The molecule has 7 nitrogen and oxygen atoms in total. The topological polar surface area (TPSA) is 84.9 Å². The van der Waals surface area contributed by atoms with Crippen molar-refractivity contribution in [3.63, 3.8) is 0 Å². The van der Waals surface area contributed by atoms with Crippen molar-refractivity contribution < 1.29 is 23.9 Å². The molecule has 1 saturated heterocycles. The minimum Gasteiger partial charge on any atom is -0.454 e. The summed E-state index contributed by atoms with van der Waals surface area (Å²) in [7, 11) is 0. The van der Waals surface area contributed by atoms with Gasteiger partial charge in [-0.25, -0.2) is 0 Å². The van der Waals surface area contributed by atoms with E-state index in [1.54, 1.807) is 12.1 Å². The summed E-state index contributed by atoms with van der Waals surface area (Å²) in [5.41, 5.74) is 0.850. The maximum Gasteiger partial charge on any atom is 0.231 e. The predicted octanol–water partition coefficient (Wildman–Crippen LogP) is 3.38. The van der Waals surface area contributed by atoms with Crippen molar-refractivity contribution in [1.82, 2.24) is 4.90 Å². The first-order valence-electron chi connectivity index (χ1n) is 10.5. The highest BCUT2D eigenvalue weighted by Crippen LogP contribution is 2.37. The van der Waals surface area contributed by atoms with Crippen LogP contribution in [0.25, 0.3) is 0 Å². The van der Waals surface area contributed by atoms with E-state index in [0.717, 1.165) is 38.6 Å². The van der Waals surface area contributed by atoms with Crippen LogP contribution in [0.5, 0.6) is 11.5 Å². The SMILES string of the molecule is CC(=O)c1cc2c(cc1NC(=O)CC1CCN(C(=O)C3CCCCC3)C1)OCO2. The van der Waals surface area contributed by atoms with Crippen molar-refractivity contribution in [3.8, 4) is 11.5 Å². The van der Waals surface area contributed by atoms with E-state index in [1.807, 2.05) is 4.90 Å². The maximum atomic E-state index is 12.7. The minimum atomic E-state index is -0.150. The van der Waals surface area contributed by atoms with Crippen molar-refractivity contribution in [2.24, 2.45) is 11.8 Å². The number of benzene rings is 1. The quantitative estimate of drug-likeness (QED) is 0.766. The van der Waals surface area contributed by atoms with Crippen LogP contribution in [0.2, 0.25) is 0 Å². The summed E-state index contributed by atoms with van der Waals surface area (Å²) >= 11 is 0. The van der Waals surface area contributed by atoms with Crippen LogP contribution >= 0.6 is 0 Å². The molecule has 1 unspecified atom stereocenters. The Labute approximate surface area is 170 Å². The number of Topliss-reactive ketones (excluding diaryl/α,β-unsaturated/α-hetero) is 1. The molecule has 1 N–H and O–H groups in total. The van der Waals surface area contributed by atoms with Crippen LogP contribution in [0.3, 0.4) is 0 Å². The van der Waals surface area contributed by atoms with Gasteiger partial charge >= 0.3 is 0 Å². The number of hydrogen-bond donors (Lipinski definition) is 1. The van der Waals surface area contributed by atoms with E-state index in [-0.39, 0.29) is 36.2 Å². The Morgan fingerprint density at radius 3 is 2.52 bits per heavy atom. The number of amides is 2. The summed E-state index contributed by atoms with van der Waals surface area (Å²) in [6, 6.07) is 3.25. The predicted molar refractivity (Wildman–Crippen MR) is 107 cm³/mol. The standard InChI is InChI=1S/C22H28N2O5/c1-14(25)17-10-19-20(29-13-28-19)11-18(17)23-21(26)9-15-7-8-24(12-15)22(27)16-5-3-2-4-6-16/h10-11,15-16H,2-9,12-13H2,1H3,(H,23,26). The molecule has 0 bridgehead atoms. The first kappa shape index (κ1) is 19.7. The van der Waals surface area contributed by atoms with Crippen molar-refractivity contribution in [2.45, 2.75) is 51.9 Å². The van der Waals surface area contributed by atoms with Crippen molar-refractivity contribution in [2.75, 3.05) is 25.2 Å². The first-order chi connectivity index (χ1) is 14.0. The molecule has 29 heavy (non-hydrogen) atoms. The van der Waals surface area contributed by atoms with E-state index >= 15 is 0 Å². The summed E-state index contributed by atoms with van der Waals surface area (Å²) in [4.78, 5) is 39.2. The molecule has 0 spiro atoms. The molecule has 2 heterocycles. The van der Waals surface area contributed by atoms with Gasteiger partial charge in [-0.3, -0.25) is 14.4 Å². The number of fused-ring (bicyclic) bond motifs is 1. The van der Waals surface area contributed by atoms with Crippen LogP contribution in [0.1, 0.15) is 62.2 Å². The van der Waals surface area contributed by atoms with E-state index < -0.39 is 0 Å². The number of carbonyl (C=O) groups is 3. The summed E-state index contributed by atoms with van der Waals surface area (Å²) in [5, 5.41) is 2.86. The fourth-order valence-corrected chi connectivity index (χ4v) is 4.61. The van der Waals surface area contributed by atoms with Gasteiger partial charge in [-0.15, -0.1) is 0 Å². The number of ketones is 1. The van der Waals surface area contributed by atoms with Crippen molar-refractivity contribution >= 4 is 23.3 Å². The molecule has 3 aliphatic rings. The molecule has 1 atom stereocenters. The Morgan fingerprint density at radius 1 is 1.07 bits per heavy atom. The summed E-state index contributed by atoms with van der Waals surface area (Å²) in [6.07, 6.45) is 6.69. The first-order valence-corrected chi connectivity index (χ1v) is 10.5. The van der Waals surface area contributed by atoms with Gasteiger partial charge in [-0.05, 0) is 38.2 Å². The van der Waals surface area contributed by atoms with Gasteiger partial charge in [0.05, 0.1) is 5.69 Å². The molecule has 2 aliphatic heterocycles. The van der Waals surface area contributed by atoms with Gasteiger partial charge in [0.1, 0.15) is 0 Å². The number of anilines is 1. The molecule has 2 fully saturated rings. The van der Waals surface area contributed by atoms with Gasteiger partial charge in [0.2, 0.25) is 18.6 Å². The highest BCUT2D eigenvalue weighted by atomic mass is 16.7. The second kappa shape index (κ2) is 8.43. The smallest absolute Gasteiger partial charge is 0.231 e. The Hall–Kier alpha value is -2.57. The number of ether oxygens (including phenoxy) is 2. The average Bonchev–Trinajstić information content (AvgIpc) is 3.36. The van der Waals surface area contributed by atoms with Gasteiger partial charge in [0, 0.05) is 37.1 Å². The summed E-state index contributed by atoms with van der Waals surface area (Å²) < 4.78 is 10.7. The second-order valence-corrected chi connectivity index (χ2v) is 8.33. The second-order valence-electron chi connectivity index (χ2n) is 8.33. The molecule has 7 heteroatoms. The van der Waals surface area contributed by atoms with Gasteiger partial charge in [0.25, 0.3) is 0 Å². The molecule has 1 aliphatic carbocycles. The minimum absolute atomic E-state index is 0.108. The third-order valence-electron chi connectivity index (χ3n) is 6.19. The zero-order valence-corrected chi connectivity index (χ0v) is 16.9. The van der Waals surface area contributed by atoms with Crippen molar-refractivity contribution in [3.05, 3.63) is 17.7 Å². The Balaban J connectivity index is 1.35. The van der Waals surface area contributed by atoms with Gasteiger partial charge < -0.3 is 19.7 Å². The molecule has 1 saturated carbocycles. The molecular formula is C22H28N2O5. The number of rotatable bonds is 5. The normalized spacial score (nSPS) is 21.3. The number of hydrogen-bond acceptors (Lipinski definition) is 5. The molecule has 156 valence electrons.